The number of rotatable bonds is 6. The van der Waals surface area contributed by atoms with Crippen molar-refractivity contribution in [2.45, 2.75) is 39.2 Å². The van der Waals surface area contributed by atoms with Crippen molar-refractivity contribution in [2.24, 2.45) is 5.73 Å². The SMILES string of the molecule is CCCCC(CN)NC(=O)c1cnc2cc(C)ccn2c1=O.Cl. The first-order valence-electron chi connectivity index (χ1n) is 7.55. The minimum Gasteiger partial charge on any atom is -0.348 e. The zero-order chi connectivity index (χ0) is 16.1. The fraction of sp³-hybridized carbons (Fsp3) is 0.438. The minimum atomic E-state index is -0.418. The molecule has 7 heteroatoms. The molecule has 0 saturated carbocycles. The number of hydrogen-bond acceptors (Lipinski definition) is 4. The Morgan fingerprint density at radius 2 is 2.22 bits per heavy atom. The average Bonchev–Trinajstić information content (AvgIpc) is 2.51. The maximum atomic E-state index is 12.4. The quantitative estimate of drug-likeness (QED) is 0.838. The highest BCUT2D eigenvalue weighted by Gasteiger charge is 2.16. The molecule has 2 rings (SSSR count). The summed E-state index contributed by atoms with van der Waals surface area (Å²) in [6.45, 7) is 4.36. The molecule has 0 aliphatic carbocycles. The van der Waals surface area contributed by atoms with Gasteiger partial charge in [-0.05, 0) is 31.0 Å². The van der Waals surface area contributed by atoms with E-state index in [0.717, 1.165) is 24.8 Å². The largest absolute Gasteiger partial charge is 0.348 e. The van der Waals surface area contributed by atoms with Gasteiger partial charge in [0.25, 0.3) is 11.5 Å². The molecule has 0 aliphatic heterocycles. The molecule has 2 aromatic rings. The van der Waals surface area contributed by atoms with Gasteiger partial charge in [0, 0.05) is 25.0 Å². The van der Waals surface area contributed by atoms with Crippen molar-refractivity contribution in [3.05, 3.63) is 46.0 Å². The van der Waals surface area contributed by atoms with Crippen molar-refractivity contribution in [3.63, 3.8) is 0 Å². The number of halogens is 1. The summed E-state index contributed by atoms with van der Waals surface area (Å²) in [5.41, 5.74) is 6.88. The number of hydrogen-bond donors (Lipinski definition) is 2. The molecular weight excluding hydrogens is 316 g/mol. The zero-order valence-corrected chi connectivity index (χ0v) is 14.2. The Hall–Kier alpha value is -1.92. The number of nitrogens with one attached hydrogen (secondary N) is 1. The second kappa shape index (κ2) is 8.64. The number of nitrogens with zero attached hydrogens (tertiary/aromatic N) is 2. The topological polar surface area (TPSA) is 89.5 Å². The molecule has 0 aromatic carbocycles. The number of carbonyl (C=O) groups excluding carboxylic acids is 1. The van der Waals surface area contributed by atoms with Gasteiger partial charge in [0.15, 0.2) is 0 Å². The average molecular weight is 339 g/mol. The third kappa shape index (κ3) is 4.53. The fourth-order valence-electron chi connectivity index (χ4n) is 2.30. The molecule has 1 atom stereocenters. The van der Waals surface area contributed by atoms with Crippen molar-refractivity contribution in [3.8, 4) is 0 Å². The summed E-state index contributed by atoms with van der Waals surface area (Å²) in [6, 6.07) is 3.49. The van der Waals surface area contributed by atoms with Gasteiger partial charge in [-0.15, -0.1) is 12.4 Å². The van der Waals surface area contributed by atoms with E-state index in [4.69, 9.17) is 5.73 Å². The zero-order valence-electron chi connectivity index (χ0n) is 13.4. The first-order valence-corrected chi connectivity index (χ1v) is 7.55. The summed E-state index contributed by atoms with van der Waals surface area (Å²) in [5.74, 6) is -0.418. The molecule has 3 N–H and O–H groups in total. The number of fused-ring (bicyclic) bond motifs is 1. The van der Waals surface area contributed by atoms with Crippen LogP contribution in [-0.2, 0) is 0 Å². The molecular formula is C16H23ClN4O2. The number of aryl methyl sites for hydroxylation is 1. The number of unbranched alkanes of at least 4 members (excludes halogenated alkanes) is 1. The molecule has 0 saturated heterocycles. The molecule has 126 valence electrons. The normalized spacial score (nSPS) is 11.8. The lowest BCUT2D eigenvalue weighted by molar-refractivity contribution is 0.0933. The lowest BCUT2D eigenvalue weighted by Gasteiger charge is -2.16. The number of nitrogens with two attached hydrogens (primary N) is 1. The highest BCUT2D eigenvalue weighted by atomic mass is 35.5. The van der Waals surface area contributed by atoms with Gasteiger partial charge in [0.05, 0.1) is 0 Å². The van der Waals surface area contributed by atoms with E-state index < -0.39 is 5.91 Å². The Morgan fingerprint density at radius 1 is 1.48 bits per heavy atom. The summed E-state index contributed by atoms with van der Waals surface area (Å²) in [7, 11) is 0. The second-order valence-electron chi connectivity index (χ2n) is 5.46. The van der Waals surface area contributed by atoms with E-state index in [1.54, 1.807) is 12.3 Å². The Bertz CT molecular complexity index is 730. The van der Waals surface area contributed by atoms with Gasteiger partial charge in [-0.3, -0.25) is 14.0 Å². The molecule has 6 nitrogen and oxygen atoms in total. The number of amides is 1. The molecule has 0 fully saturated rings. The Kier molecular flexibility index (Phi) is 7.19. The van der Waals surface area contributed by atoms with Gasteiger partial charge in [-0.1, -0.05) is 19.8 Å². The Morgan fingerprint density at radius 3 is 2.87 bits per heavy atom. The van der Waals surface area contributed by atoms with Crippen LogP contribution in [0, 0.1) is 6.92 Å². The standard InChI is InChI=1S/C16H22N4O2.ClH/c1-3-4-5-12(9-17)19-15(21)13-10-18-14-8-11(2)6-7-20(14)16(13)22;/h6-8,10,12H,3-5,9,17H2,1-2H3,(H,19,21);1H. The van der Waals surface area contributed by atoms with Gasteiger partial charge in [-0.25, -0.2) is 4.98 Å². The Balaban J connectivity index is 0.00000264. The molecule has 2 aromatic heterocycles. The molecule has 0 aliphatic rings. The van der Waals surface area contributed by atoms with Gasteiger partial charge in [-0.2, -0.15) is 0 Å². The van der Waals surface area contributed by atoms with Gasteiger partial charge < -0.3 is 11.1 Å². The first-order chi connectivity index (χ1) is 10.6. The molecule has 2 heterocycles. The van der Waals surface area contributed by atoms with Crippen LogP contribution in [0.2, 0.25) is 0 Å². The van der Waals surface area contributed by atoms with Crippen molar-refractivity contribution < 1.29 is 4.79 Å². The fourth-order valence-corrected chi connectivity index (χ4v) is 2.30. The maximum absolute atomic E-state index is 12.4. The summed E-state index contributed by atoms with van der Waals surface area (Å²) in [4.78, 5) is 28.9. The molecule has 1 amide bonds. The monoisotopic (exact) mass is 338 g/mol. The van der Waals surface area contributed by atoms with Crippen LogP contribution in [0.3, 0.4) is 0 Å². The van der Waals surface area contributed by atoms with Crippen molar-refractivity contribution in [2.75, 3.05) is 6.54 Å². The van der Waals surface area contributed by atoms with Gasteiger partial charge in [0.2, 0.25) is 0 Å². The molecule has 0 radical (unpaired) electrons. The van der Waals surface area contributed by atoms with Crippen LogP contribution in [0.5, 0.6) is 0 Å². The predicted octanol–water partition coefficient (Wildman–Crippen LogP) is 1.67. The lowest BCUT2D eigenvalue weighted by Crippen LogP contribution is -2.42. The predicted molar refractivity (Wildman–Crippen MR) is 93.3 cm³/mol. The van der Waals surface area contributed by atoms with Crippen LogP contribution >= 0.6 is 12.4 Å². The molecule has 0 bridgehead atoms. The van der Waals surface area contributed by atoms with E-state index in [-0.39, 0.29) is 29.6 Å². The van der Waals surface area contributed by atoms with Crippen molar-refractivity contribution in [1.29, 1.82) is 0 Å². The summed E-state index contributed by atoms with van der Waals surface area (Å²) >= 11 is 0. The number of pyridine rings is 1. The number of carbonyl (C=O) groups is 1. The molecule has 0 spiro atoms. The van der Waals surface area contributed by atoms with Crippen LogP contribution < -0.4 is 16.6 Å². The minimum absolute atomic E-state index is 0. The summed E-state index contributed by atoms with van der Waals surface area (Å²) in [6.07, 6.45) is 5.79. The van der Waals surface area contributed by atoms with E-state index >= 15 is 0 Å². The Labute approximate surface area is 141 Å². The van der Waals surface area contributed by atoms with Gasteiger partial charge in [0.1, 0.15) is 11.2 Å². The third-order valence-electron chi connectivity index (χ3n) is 3.64. The van der Waals surface area contributed by atoms with E-state index in [1.165, 1.54) is 10.6 Å². The van der Waals surface area contributed by atoms with Crippen LogP contribution in [0.15, 0.2) is 29.3 Å². The maximum Gasteiger partial charge on any atom is 0.270 e. The number of aromatic nitrogens is 2. The van der Waals surface area contributed by atoms with Crippen molar-refractivity contribution >= 4 is 24.0 Å². The first kappa shape index (κ1) is 19.1. The van der Waals surface area contributed by atoms with E-state index in [9.17, 15) is 9.59 Å². The van der Waals surface area contributed by atoms with Crippen LogP contribution in [0.1, 0.15) is 42.1 Å². The van der Waals surface area contributed by atoms with Crippen molar-refractivity contribution in [1.82, 2.24) is 14.7 Å². The third-order valence-corrected chi connectivity index (χ3v) is 3.64. The second-order valence-corrected chi connectivity index (χ2v) is 5.46. The smallest absolute Gasteiger partial charge is 0.270 e. The summed E-state index contributed by atoms with van der Waals surface area (Å²) < 4.78 is 1.38. The van der Waals surface area contributed by atoms with E-state index in [0.29, 0.717) is 12.2 Å². The summed E-state index contributed by atoms with van der Waals surface area (Å²) in [5, 5.41) is 2.82. The highest BCUT2D eigenvalue weighted by molar-refractivity contribution is 5.93. The highest BCUT2D eigenvalue weighted by Crippen LogP contribution is 2.04. The van der Waals surface area contributed by atoms with Crippen LogP contribution in [-0.4, -0.2) is 27.9 Å². The molecule has 23 heavy (non-hydrogen) atoms. The van der Waals surface area contributed by atoms with Gasteiger partial charge >= 0.3 is 0 Å². The van der Waals surface area contributed by atoms with E-state index in [1.807, 2.05) is 13.0 Å². The van der Waals surface area contributed by atoms with E-state index in [2.05, 4.69) is 17.2 Å². The lowest BCUT2D eigenvalue weighted by atomic mass is 10.1. The van der Waals surface area contributed by atoms with Crippen LogP contribution in [0.25, 0.3) is 5.65 Å². The van der Waals surface area contributed by atoms with Crippen LogP contribution in [0.4, 0.5) is 0 Å². The molecule has 1 unspecified atom stereocenters.